The van der Waals surface area contributed by atoms with Crippen LogP contribution >= 0.6 is 11.6 Å². The highest BCUT2D eigenvalue weighted by Crippen LogP contribution is 2.38. The zero-order valence-electron chi connectivity index (χ0n) is 20.4. The number of fused-ring (bicyclic) bond motifs is 1. The number of carbonyl (C=O) groups is 1. The van der Waals surface area contributed by atoms with Crippen molar-refractivity contribution >= 4 is 37.8 Å². The summed E-state index contributed by atoms with van der Waals surface area (Å²) < 4.78 is 18.7. The summed E-state index contributed by atoms with van der Waals surface area (Å²) >= 11 is 6.18. The van der Waals surface area contributed by atoms with E-state index in [9.17, 15) is 9.59 Å². The molecule has 2 rings (SSSR count). The summed E-state index contributed by atoms with van der Waals surface area (Å²) in [5, 5.41) is -0.0519. The van der Waals surface area contributed by atoms with Crippen LogP contribution in [0.25, 0.3) is 11.2 Å². The SMILES string of the molecule is CCOC(=O)c1cn([C@@H](C(C)C)C(O[SiH](C)C)C(C)(C)C)c2nc(OC)c(Cl)nc2c1=O. The molecule has 0 aromatic carbocycles. The quantitative estimate of drug-likeness (QED) is 0.409. The van der Waals surface area contributed by atoms with Crippen molar-refractivity contribution in [3.63, 3.8) is 0 Å². The maximum atomic E-state index is 13.1. The van der Waals surface area contributed by atoms with E-state index in [1.165, 1.54) is 13.3 Å². The molecule has 178 valence electrons. The molecule has 0 aliphatic carbocycles. The highest BCUT2D eigenvalue weighted by molar-refractivity contribution is 6.48. The first kappa shape index (κ1) is 26.3. The van der Waals surface area contributed by atoms with Gasteiger partial charge in [-0.3, -0.25) is 4.79 Å². The molecule has 32 heavy (non-hydrogen) atoms. The molecule has 2 aromatic rings. The average molecular weight is 484 g/mol. The fourth-order valence-electron chi connectivity index (χ4n) is 3.73. The van der Waals surface area contributed by atoms with Crippen molar-refractivity contribution in [1.82, 2.24) is 14.5 Å². The summed E-state index contributed by atoms with van der Waals surface area (Å²) in [6, 6.07) is -0.249. The molecular formula is C22H34ClN3O5Si. The first-order chi connectivity index (χ1) is 14.8. The van der Waals surface area contributed by atoms with Gasteiger partial charge in [-0.2, -0.15) is 4.98 Å². The van der Waals surface area contributed by atoms with Crippen LogP contribution in [0.3, 0.4) is 0 Å². The van der Waals surface area contributed by atoms with Gasteiger partial charge in [0, 0.05) is 6.20 Å². The Morgan fingerprint density at radius 1 is 1.25 bits per heavy atom. The average Bonchev–Trinajstić information content (AvgIpc) is 2.67. The van der Waals surface area contributed by atoms with Crippen molar-refractivity contribution in [3.8, 4) is 5.88 Å². The zero-order valence-corrected chi connectivity index (χ0v) is 22.3. The summed E-state index contributed by atoms with van der Waals surface area (Å²) in [6.07, 6.45) is 1.30. The van der Waals surface area contributed by atoms with Gasteiger partial charge in [0.15, 0.2) is 25.4 Å². The summed E-state index contributed by atoms with van der Waals surface area (Å²) in [6.45, 7) is 16.6. The second kappa shape index (κ2) is 10.3. The topological polar surface area (TPSA) is 92.5 Å². The first-order valence-electron chi connectivity index (χ1n) is 10.8. The normalized spacial score (nSPS) is 14.1. The fourth-order valence-corrected chi connectivity index (χ4v) is 5.09. The van der Waals surface area contributed by atoms with Gasteiger partial charge in [0.05, 0.1) is 25.9 Å². The number of hydrogen-bond acceptors (Lipinski definition) is 7. The zero-order chi connectivity index (χ0) is 24.4. The highest BCUT2D eigenvalue weighted by atomic mass is 35.5. The predicted octanol–water partition coefficient (Wildman–Crippen LogP) is 4.24. The van der Waals surface area contributed by atoms with Crippen molar-refractivity contribution in [2.24, 2.45) is 11.3 Å². The molecule has 0 aliphatic heterocycles. The van der Waals surface area contributed by atoms with Gasteiger partial charge in [-0.1, -0.05) is 46.2 Å². The summed E-state index contributed by atoms with van der Waals surface area (Å²) in [5.41, 5.74) is -0.654. The molecule has 0 spiro atoms. The van der Waals surface area contributed by atoms with E-state index in [0.29, 0.717) is 0 Å². The van der Waals surface area contributed by atoms with Crippen LogP contribution in [0.15, 0.2) is 11.0 Å². The van der Waals surface area contributed by atoms with E-state index in [4.69, 9.17) is 25.5 Å². The summed E-state index contributed by atoms with van der Waals surface area (Å²) in [7, 11) is -0.00385. The molecule has 1 unspecified atom stereocenters. The van der Waals surface area contributed by atoms with Gasteiger partial charge in [0.1, 0.15) is 5.56 Å². The number of esters is 1. The van der Waals surface area contributed by atoms with Crippen LogP contribution in [-0.4, -0.2) is 49.4 Å². The van der Waals surface area contributed by atoms with E-state index >= 15 is 0 Å². The maximum Gasteiger partial charge on any atom is 0.343 e. The minimum atomic E-state index is -1.44. The Kier molecular flexibility index (Phi) is 8.47. The second-order valence-corrected chi connectivity index (χ2v) is 12.1. The predicted molar refractivity (Wildman–Crippen MR) is 128 cm³/mol. The molecule has 2 aromatic heterocycles. The number of hydrogen-bond donors (Lipinski definition) is 0. The molecule has 0 radical (unpaired) electrons. The molecule has 0 aliphatic rings. The molecule has 2 heterocycles. The monoisotopic (exact) mass is 483 g/mol. The lowest BCUT2D eigenvalue weighted by molar-refractivity contribution is 0.0209. The van der Waals surface area contributed by atoms with Gasteiger partial charge in [-0.15, -0.1) is 0 Å². The Balaban J connectivity index is 2.97. The van der Waals surface area contributed by atoms with Gasteiger partial charge in [0.25, 0.3) is 5.88 Å². The molecule has 10 heteroatoms. The van der Waals surface area contributed by atoms with Gasteiger partial charge in [-0.25, -0.2) is 9.78 Å². The number of pyridine rings is 1. The molecule has 2 atom stereocenters. The lowest BCUT2D eigenvalue weighted by atomic mass is 9.80. The third-order valence-electron chi connectivity index (χ3n) is 5.05. The Bertz CT molecular complexity index is 1030. The molecule has 0 fully saturated rings. The third-order valence-corrected chi connectivity index (χ3v) is 6.14. The largest absolute Gasteiger partial charge is 0.479 e. The standard InChI is InChI=1S/C22H34ClN3O5Si/c1-10-30-21(28)13-11-26(15(12(2)3)17(22(4,5)6)31-32(8)9)19-14(16(13)27)24-18(23)20(25-19)29-7/h11-12,15,17,32H,10H2,1-9H3/t15-,17?/m0/s1. The van der Waals surface area contributed by atoms with Gasteiger partial charge < -0.3 is 18.5 Å². The van der Waals surface area contributed by atoms with Crippen LogP contribution in [0.5, 0.6) is 5.88 Å². The van der Waals surface area contributed by atoms with E-state index in [1.54, 1.807) is 6.92 Å². The Morgan fingerprint density at radius 3 is 2.34 bits per heavy atom. The second-order valence-electron chi connectivity index (χ2n) is 9.40. The Labute approximate surface area is 196 Å². The number of halogens is 1. The van der Waals surface area contributed by atoms with E-state index in [0.717, 1.165) is 0 Å². The van der Waals surface area contributed by atoms with Gasteiger partial charge in [-0.05, 0) is 31.4 Å². The van der Waals surface area contributed by atoms with Crippen LogP contribution in [-0.2, 0) is 9.16 Å². The number of rotatable bonds is 8. The van der Waals surface area contributed by atoms with Crippen molar-refractivity contribution in [1.29, 1.82) is 0 Å². The molecule has 0 saturated carbocycles. The highest BCUT2D eigenvalue weighted by Gasteiger charge is 2.38. The van der Waals surface area contributed by atoms with Crippen LogP contribution < -0.4 is 10.2 Å². The summed E-state index contributed by atoms with van der Waals surface area (Å²) in [5.74, 6) is -0.530. The van der Waals surface area contributed by atoms with Crippen LogP contribution in [0.4, 0.5) is 0 Å². The first-order valence-corrected chi connectivity index (χ1v) is 14.0. The van der Waals surface area contributed by atoms with E-state index in [-0.39, 0.29) is 57.8 Å². The van der Waals surface area contributed by atoms with Crippen molar-refractivity contribution in [3.05, 3.63) is 27.1 Å². The lowest BCUT2D eigenvalue weighted by Gasteiger charge is -2.41. The number of aromatic nitrogens is 3. The molecular weight excluding hydrogens is 450 g/mol. The Morgan fingerprint density at radius 2 is 1.88 bits per heavy atom. The Hall–Kier alpha value is -1.97. The van der Waals surface area contributed by atoms with E-state index < -0.39 is 20.4 Å². The van der Waals surface area contributed by atoms with Crippen molar-refractivity contribution in [2.45, 2.75) is 66.8 Å². The molecule has 0 saturated heterocycles. The number of methoxy groups -OCH3 is 1. The molecule has 8 nitrogen and oxygen atoms in total. The van der Waals surface area contributed by atoms with E-state index in [1.807, 2.05) is 4.57 Å². The molecule has 0 amide bonds. The molecule has 0 N–H and O–H groups in total. The van der Waals surface area contributed by atoms with Crippen LogP contribution in [0, 0.1) is 11.3 Å². The van der Waals surface area contributed by atoms with Crippen LogP contribution in [0.1, 0.15) is 57.9 Å². The van der Waals surface area contributed by atoms with Gasteiger partial charge in [0.2, 0.25) is 5.43 Å². The van der Waals surface area contributed by atoms with Crippen molar-refractivity contribution < 1.29 is 18.7 Å². The number of nitrogens with zero attached hydrogens (tertiary/aromatic N) is 3. The van der Waals surface area contributed by atoms with Crippen molar-refractivity contribution in [2.75, 3.05) is 13.7 Å². The summed E-state index contributed by atoms with van der Waals surface area (Å²) in [4.78, 5) is 34.5. The third kappa shape index (κ3) is 5.50. The lowest BCUT2D eigenvalue weighted by Crippen LogP contribution is -2.43. The minimum absolute atomic E-state index is 0.0125. The van der Waals surface area contributed by atoms with Crippen LogP contribution in [0.2, 0.25) is 18.2 Å². The van der Waals surface area contributed by atoms with E-state index in [2.05, 4.69) is 57.7 Å². The fraction of sp³-hybridized carbons (Fsp3) is 0.636. The maximum absolute atomic E-state index is 13.1. The number of carbonyl (C=O) groups excluding carboxylic acids is 1. The number of ether oxygens (including phenoxy) is 2. The smallest absolute Gasteiger partial charge is 0.343 e. The molecule has 0 bridgehead atoms. The minimum Gasteiger partial charge on any atom is -0.479 e. The van der Waals surface area contributed by atoms with Gasteiger partial charge >= 0.3 is 5.97 Å².